The third-order valence-corrected chi connectivity index (χ3v) is 6.45. The van der Waals surface area contributed by atoms with Crippen LogP contribution in [0.2, 0.25) is 0 Å². The SMILES string of the molecule is CN=C(NCC(C)Cn1nc(C)cc1C)NC1CC2(CCCC2)Oc2ccccc21. The average Bonchev–Trinajstić information content (AvgIpc) is 3.30. The number of aryl methyl sites for hydroxylation is 2. The second-order valence-electron chi connectivity index (χ2n) is 9.10. The molecule has 1 aliphatic carbocycles. The van der Waals surface area contributed by atoms with Crippen LogP contribution in [-0.2, 0) is 6.54 Å². The van der Waals surface area contributed by atoms with E-state index in [2.05, 4.69) is 69.6 Å². The van der Waals surface area contributed by atoms with Crippen LogP contribution in [0.5, 0.6) is 5.75 Å². The molecule has 2 aliphatic rings. The number of benzene rings is 1. The van der Waals surface area contributed by atoms with Crippen molar-refractivity contribution in [2.45, 2.75) is 71.1 Å². The van der Waals surface area contributed by atoms with E-state index in [1.807, 2.05) is 14.0 Å². The standard InChI is InChI=1S/C24H35N5O/c1-17(16-29-19(3)13-18(2)28-29)15-26-23(25-4)27-21-14-24(11-7-8-12-24)30-22-10-6-5-9-20(21)22/h5-6,9-10,13,17,21H,7-8,11-12,14-16H2,1-4H3,(H2,25,26,27). The van der Waals surface area contributed by atoms with E-state index < -0.39 is 0 Å². The highest BCUT2D eigenvalue weighted by Gasteiger charge is 2.43. The molecular weight excluding hydrogens is 374 g/mol. The Bertz CT molecular complexity index is 897. The predicted octanol–water partition coefficient (Wildman–Crippen LogP) is 4.14. The Labute approximate surface area is 180 Å². The molecule has 162 valence electrons. The van der Waals surface area contributed by atoms with Crippen LogP contribution in [-0.4, -0.2) is 34.9 Å². The second kappa shape index (κ2) is 8.70. The number of rotatable bonds is 5. The third-order valence-electron chi connectivity index (χ3n) is 6.45. The quantitative estimate of drug-likeness (QED) is 0.576. The number of guanidine groups is 1. The van der Waals surface area contributed by atoms with Gasteiger partial charge in [0, 0.05) is 37.8 Å². The van der Waals surface area contributed by atoms with E-state index in [0.29, 0.717) is 5.92 Å². The van der Waals surface area contributed by atoms with E-state index in [0.717, 1.165) is 49.8 Å². The van der Waals surface area contributed by atoms with Gasteiger partial charge in [-0.15, -0.1) is 0 Å². The van der Waals surface area contributed by atoms with Crippen LogP contribution in [0.15, 0.2) is 35.3 Å². The minimum Gasteiger partial charge on any atom is -0.487 e. The van der Waals surface area contributed by atoms with Crippen molar-refractivity contribution in [2.75, 3.05) is 13.6 Å². The van der Waals surface area contributed by atoms with Crippen molar-refractivity contribution in [3.05, 3.63) is 47.3 Å². The summed E-state index contributed by atoms with van der Waals surface area (Å²) in [6, 6.07) is 10.8. The second-order valence-corrected chi connectivity index (χ2v) is 9.10. The van der Waals surface area contributed by atoms with Gasteiger partial charge in [0.15, 0.2) is 5.96 Å². The van der Waals surface area contributed by atoms with E-state index in [1.54, 1.807) is 0 Å². The first-order chi connectivity index (χ1) is 14.5. The van der Waals surface area contributed by atoms with Crippen molar-refractivity contribution in [1.82, 2.24) is 20.4 Å². The molecule has 1 spiro atoms. The molecule has 1 aromatic heterocycles. The molecule has 30 heavy (non-hydrogen) atoms. The number of para-hydroxylation sites is 1. The molecule has 6 heteroatoms. The molecule has 2 N–H and O–H groups in total. The van der Waals surface area contributed by atoms with Gasteiger partial charge in [0.1, 0.15) is 11.4 Å². The Kier molecular flexibility index (Phi) is 6.02. The zero-order valence-electron chi connectivity index (χ0n) is 18.7. The van der Waals surface area contributed by atoms with E-state index in [4.69, 9.17) is 4.74 Å². The van der Waals surface area contributed by atoms with Gasteiger partial charge in [-0.2, -0.15) is 5.10 Å². The van der Waals surface area contributed by atoms with Gasteiger partial charge in [0.25, 0.3) is 0 Å². The highest BCUT2D eigenvalue weighted by Crippen LogP contribution is 2.46. The van der Waals surface area contributed by atoms with Gasteiger partial charge >= 0.3 is 0 Å². The summed E-state index contributed by atoms with van der Waals surface area (Å²) in [5.74, 6) is 2.31. The lowest BCUT2D eigenvalue weighted by Gasteiger charge is -2.40. The number of nitrogens with zero attached hydrogens (tertiary/aromatic N) is 3. The number of hydrogen-bond donors (Lipinski definition) is 2. The molecule has 1 aliphatic heterocycles. The minimum atomic E-state index is -0.0202. The summed E-state index contributed by atoms with van der Waals surface area (Å²) in [6.45, 7) is 8.14. The maximum atomic E-state index is 6.49. The Morgan fingerprint density at radius 1 is 1.30 bits per heavy atom. The normalized spacial score (nSPS) is 21.2. The molecule has 0 saturated heterocycles. The van der Waals surface area contributed by atoms with Crippen LogP contribution in [0.3, 0.4) is 0 Å². The molecular formula is C24H35N5O. The van der Waals surface area contributed by atoms with Gasteiger partial charge in [-0.05, 0) is 57.6 Å². The predicted molar refractivity (Wildman–Crippen MR) is 121 cm³/mol. The maximum absolute atomic E-state index is 6.49. The van der Waals surface area contributed by atoms with Crippen molar-refractivity contribution in [3.63, 3.8) is 0 Å². The van der Waals surface area contributed by atoms with Crippen LogP contribution in [0.4, 0.5) is 0 Å². The van der Waals surface area contributed by atoms with Gasteiger partial charge in [-0.1, -0.05) is 25.1 Å². The van der Waals surface area contributed by atoms with E-state index in [9.17, 15) is 0 Å². The van der Waals surface area contributed by atoms with Crippen molar-refractivity contribution < 1.29 is 4.74 Å². The smallest absolute Gasteiger partial charge is 0.191 e. The lowest BCUT2D eigenvalue weighted by Crippen LogP contribution is -2.47. The summed E-state index contributed by atoms with van der Waals surface area (Å²) in [5.41, 5.74) is 3.49. The topological polar surface area (TPSA) is 63.5 Å². The Balaban J connectivity index is 1.40. The van der Waals surface area contributed by atoms with Crippen molar-refractivity contribution in [2.24, 2.45) is 10.9 Å². The molecule has 2 atom stereocenters. The number of ether oxygens (including phenoxy) is 1. The fourth-order valence-corrected chi connectivity index (χ4v) is 4.92. The number of fused-ring (bicyclic) bond motifs is 1. The van der Waals surface area contributed by atoms with Crippen LogP contribution in [0.25, 0.3) is 0 Å². The highest BCUT2D eigenvalue weighted by atomic mass is 16.5. The summed E-state index contributed by atoms with van der Waals surface area (Å²) in [6.07, 6.45) is 5.79. The minimum absolute atomic E-state index is 0.0202. The maximum Gasteiger partial charge on any atom is 0.191 e. The molecule has 0 radical (unpaired) electrons. The third kappa shape index (κ3) is 4.47. The van der Waals surface area contributed by atoms with Gasteiger partial charge < -0.3 is 15.4 Å². The number of hydrogen-bond acceptors (Lipinski definition) is 3. The summed E-state index contributed by atoms with van der Waals surface area (Å²) in [7, 11) is 1.84. The molecule has 2 unspecified atom stereocenters. The number of aromatic nitrogens is 2. The summed E-state index contributed by atoms with van der Waals surface area (Å²) in [4.78, 5) is 4.50. The molecule has 1 saturated carbocycles. The van der Waals surface area contributed by atoms with Gasteiger partial charge in [0.2, 0.25) is 0 Å². The number of nitrogens with one attached hydrogen (secondary N) is 2. The van der Waals surface area contributed by atoms with E-state index >= 15 is 0 Å². The highest BCUT2D eigenvalue weighted by molar-refractivity contribution is 5.80. The first-order valence-electron chi connectivity index (χ1n) is 11.2. The Morgan fingerprint density at radius 3 is 2.77 bits per heavy atom. The molecule has 6 nitrogen and oxygen atoms in total. The van der Waals surface area contributed by atoms with Crippen LogP contribution in [0.1, 0.15) is 62.0 Å². The van der Waals surface area contributed by atoms with E-state index in [1.165, 1.54) is 24.1 Å². The van der Waals surface area contributed by atoms with Crippen LogP contribution < -0.4 is 15.4 Å². The molecule has 2 heterocycles. The Morgan fingerprint density at radius 2 is 2.07 bits per heavy atom. The molecule has 1 fully saturated rings. The fraction of sp³-hybridized carbons (Fsp3) is 0.583. The lowest BCUT2D eigenvalue weighted by molar-refractivity contribution is 0.0396. The number of aliphatic imine (C=N–C) groups is 1. The molecule has 0 bridgehead atoms. The van der Waals surface area contributed by atoms with Gasteiger partial charge in [0.05, 0.1) is 11.7 Å². The van der Waals surface area contributed by atoms with Crippen LogP contribution >= 0.6 is 0 Å². The first-order valence-corrected chi connectivity index (χ1v) is 11.2. The molecule has 0 amide bonds. The average molecular weight is 410 g/mol. The Hall–Kier alpha value is -2.50. The lowest BCUT2D eigenvalue weighted by atomic mass is 9.86. The molecule has 2 aromatic rings. The summed E-state index contributed by atoms with van der Waals surface area (Å²) in [5, 5.41) is 11.8. The zero-order chi connectivity index (χ0) is 21.1. The summed E-state index contributed by atoms with van der Waals surface area (Å²) >= 11 is 0. The summed E-state index contributed by atoms with van der Waals surface area (Å²) < 4.78 is 8.59. The van der Waals surface area contributed by atoms with Gasteiger partial charge in [-0.25, -0.2) is 0 Å². The first kappa shape index (κ1) is 20.8. The molecule has 4 rings (SSSR count). The van der Waals surface area contributed by atoms with Gasteiger partial charge in [-0.3, -0.25) is 9.67 Å². The fourth-order valence-electron chi connectivity index (χ4n) is 4.92. The van der Waals surface area contributed by atoms with E-state index in [-0.39, 0.29) is 11.6 Å². The van der Waals surface area contributed by atoms with Crippen molar-refractivity contribution in [3.8, 4) is 5.75 Å². The van der Waals surface area contributed by atoms with Crippen molar-refractivity contribution >= 4 is 5.96 Å². The van der Waals surface area contributed by atoms with Crippen LogP contribution in [0, 0.1) is 19.8 Å². The largest absolute Gasteiger partial charge is 0.487 e. The molecule has 1 aromatic carbocycles. The zero-order valence-corrected chi connectivity index (χ0v) is 18.7. The van der Waals surface area contributed by atoms with Crippen molar-refractivity contribution in [1.29, 1.82) is 0 Å². The monoisotopic (exact) mass is 409 g/mol.